The van der Waals surface area contributed by atoms with Crippen molar-refractivity contribution in [3.05, 3.63) is 5.01 Å². The standard InChI is InChI=1S/C13H23N5OS/c1-5-14-12-16-15-10(20-12)11(19)17-6-8-18(9-7-17)13(2,3)4/h5-9H2,1-4H3,(H,14,16). The lowest BCUT2D eigenvalue weighted by atomic mass is 10.1. The van der Waals surface area contributed by atoms with E-state index in [1.165, 1.54) is 11.3 Å². The van der Waals surface area contributed by atoms with E-state index >= 15 is 0 Å². The first-order chi connectivity index (χ1) is 9.41. The number of hydrogen-bond donors (Lipinski definition) is 1. The van der Waals surface area contributed by atoms with E-state index in [2.05, 4.69) is 41.2 Å². The van der Waals surface area contributed by atoms with E-state index in [0.717, 1.165) is 32.7 Å². The molecule has 2 heterocycles. The van der Waals surface area contributed by atoms with Crippen LogP contribution in [0.15, 0.2) is 0 Å². The van der Waals surface area contributed by atoms with Crippen LogP contribution in [0.4, 0.5) is 5.13 Å². The summed E-state index contributed by atoms with van der Waals surface area (Å²) in [5.41, 5.74) is 0.163. The number of aromatic nitrogens is 2. The molecule has 112 valence electrons. The molecule has 1 fully saturated rings. The first-order valence-corrected chi connectivity index (χ1v) is 7.85. The smallest absolute Gasteiger partial charge is 0.284 e. The number of nitrogens with zero attached hydrogens (tertiary/aromatic N) is 4. The molecule has 1 amide bonds. The number of rotatable bonds is 3. The molecule has 1 aromatic heterocycles. The van der Waals surface area contributed by atoms with E-state index < -0.39 is 0 Å². The van der Waals surface area contributed by atoms with Crippen LogP contribution in [0.25, 0.3) is 0 Å². The largest absolute Gasteiger partial charge is 0.360 e. The number of nitrogens with one attached hydrogen (secondary N) is 1. The monoisotopic (exact) mass is 297 g/mol. The molecule has 1 aromatic rings. The second-order valence-corrected chi connectivity index (χ2v) is 6.87. The van der Waals surface area contributed by atoms with E-state index in [-0.39, 0.29) is 11.4 Å². The molecule has 0 saturated carbocycles. The van der Waals surface area contributed by atoms with Gasteiger partial charge in [-0.2, -0.15) is 0 Å². The van der Waals surface area contributed by atoms with Gasteiger partial charge in [-0.25, -0.2) is 0 Å². The summed E-state index contributed by atoms with van der Waals surface area (Å²) in [5.74, 6) is 0.000197. The molecule has 6 nitrogen and oxygen atoms in total. The van der Waals surface area contributed by atoms with Gasteiger partial charge in [0.05, 0.1) is 0 Å². The molecular weight excluding hydrogens is 274 g/mol. The van der Waals surface area contributed by atoms with Crippen molar-refractivity contribution in [3.63, 3.8) is 0 Å². The second kappa shape index (κ2) is 6.05. The van der Waals surface area contributed by atoms with Crippen LogP contribution in [0.5, 0.6) is 0 Å². The van der Waals surface area contributed by atoms with Crippen LogP contribution in [0.3, 0.4) is 0 Å². The van der Waals surface area contributed by atoms with Crippen molar-refractivity contribution >= 4 is 22.4 Å². The molecule has 1 aliphatic rings. The van der Waals surface area contributed by atoms with Crippen molar-refractivity contribution in [2.45, 2.75) is 33.2 Å². The number of carbonyl (C=O) groups excluding carboxylic acids is 1. The van der Waals surface area contributed by atoms with Crippen molar-refractivity contribution in [1.82, 2.24) is 20.0 Å². The van der Waals surface area contributed by atoms with Crippen LogP contribution in [0.2, 0.25) is 0 Å². The van der Waals surface area contributed by atoms with E-state index in [1.807, 2.05) is 11.8 Å². The lowest BCUT2D eigenvalue weighted by molar-refractivity contribution is 0.0450. The predicted octanol–water partition coefficient (Wildman–Crippen LogP) is 1.53. The van der Waals surface area contributed by atoms with Gasteiger partial charge in [0.25, 0.3) is 5.91 Å². The van der Waals surface area contributed by atoms with Gasteiger partial charge in [0.15, 0.2) is 0 Å². The Kier molecular flexibility index (Phi) is 4.59. The predicted molar refractivity (Wildman–Crippen MR) is 81.3 cm³/mol. The molecule has 1 N–H and O–H groups in total. The molecule has 0 bridgehead atoms. The fourth-order valence-electron chi connectivity index (χ4n) is 2.25. The highest BCUT2D eigenvalue weighted by Gasteiger charge is 2.29. The number of anilines is 1. The maximum absolute atomic E-state index is 12.4. The molecule has 2 rings (SSSR count). The van der Waals surface area contributed by atoms with Crippen LogP contribution in [-0.2, 0) is 0 Å². The van der Waals surface area contributed by atoms with Gasteiger partial charge in [-0.1, -0.05) is 11.3 Å². The third-order valence-electron chi connectivity index (χ3n) is 3.45. The van der Waals surface area contributed by atoms with Crippen molar-refractivity contribution in [2.24, 2.45) is 0 Å². The van der Waals surface area contributed by atoms with Crippen molar-refractivity contribution < 1.29 is 4.79 Å². The van der Waals surface area contributed by atoms with Gasteiger partial charge < -0.3 is 10.2 Å². The van der Waals surface area contributed by atoms with Crippen LogP contribution in [0, 0.1) is 0 Å². The molecule has 7 heteroatoms. The Morgan fingerprint density at radius 2 is 1.90 bits per heavy atom. The van der Waals surface area contributed by atoms with Crippen molar-refractivity contribution in [3.8, 4) is 0 Å². The quantitative estimate of drug-likeness (QED) is 0.916. The molecule has 1 aliphatic heterocycles. The molecule has 0 aliphatic carbocycles. The zero-order chi connectivity index (χ0) is 14.8. The van der Waals surface area contributed by atoms with Crippen LogP contribution < -0.4 is 5.32 Å². The molecule has 0 unspecified atom stereocenters. The number of carbonyl (C=O) groups is 1. The van der Waals surface area contributed by atoms with Gasteiger partial charge in [0.1, 0.15) is 0 Å². The summed E-state index contributed by atoms with van der Waals surface area (Å²) >= 11 is 1.33. The highest BCUT2D eigenvalue weighted by molar-refractivity contribution is 7.17. The number of hydrogen-bond acceptors (Lipinski definition) is 6. The Balaban J connectivity index is 1.94. The molecule has 0 aromatic carbocycles. The average Bonchev–Trinajstić information content (AvgIpc) is 2.86. The molecular formula is C13H23N5OS. The van der Waals surface area contributed by atoms with Crippen LogP contribution in [-0.4, -0.2) is 64.2 Å². The Bertz CT molecular complexity index is 460. The Labute approximate surface area is 124 Å². The summed E-state index contributed by atoms with van der Waals surface area (Å²) in [5, 5.41) is 12.2. The lowest BCUT2D eigenvalue weighted by Gasteiger charge is -2.42. The number of piperazine rings is 1. The average molecular weight is 297 g/mol. The van der Waals surface area contributed by atoms with E-state index in [0.29, 0.717) is 10.1 Å². The first kappa shape index (κ1) is 15.2. The zero-order valence-electron chi connectivity index (χ0n) is 12.6. The topological polar surface area (TPSA) is 61.4 Å². The van der Waals surface area contributed by atoms with Gasteiger partial charge in [-0.15, -0.1) is 10.2 Å². The van der Waals surface area contributed by atoms with E-state index in [4.69, 9.17) is 0 Å². The highest BCUT2D eigenvalue weighted by atomic mass is 32.1. The highest BCUT2D eigenvalue weighted by Crippen LogP contribution is 2.20. The van der Waals surface area contributed by atoms with Gasteiger partial charge >= 0.3 is 0 Å². The molecule has 0 atom stereocenters. The summed E-state index contributed by atoms with van der Waals surface area (Å²) in [6.07, 6.45) is 0. The van der Waals surface area contributed by atoms with Gasteiger partial charge in [0, 0.05) is 38.3 Å². The molecule has 20 heavy (non-hydrogen) atoms. The minimum absolute atomic E-state index is 0.000197. The third-order valence-corrected chi connectivity index (χ3v) is 4.32. The maximum atomic E-state index is 12.4. The number of amides is 1. The maximum Gasteiger partial charge on any atom is 0.284 e. The minimum atomic E-state index is 0.000197. The summed E-state index contributed by atoms with van der Waals surface area (Å²) in [7, 11) is 0. The summed E-state index contributed by atoms with van der Waals surface area (Å²) in [4.78, 5) is 16.6. The normalized spacial score (nSPS) is 17.3. The molecule has 0 radical (unpaired) electrons. The molecule has 0 spiro atoms. The Hall–Kier alpha value is -1.21. The Morgan fingerprint density at radius 3 is 2.45 bits per heavy atom. The third kappa shape index (κ3) is 3.46. The van der Waals surface area contributed by atoms with E-state index in [1.54, 1.807) is 0 Å². The van der Waals surface area contributed by atoms with Crippen LogP contribution in [0.1, 0.15) is 37.5 Å². The first-order valence-electron chi connectivity index (χ1n) is 7.03. The fraction of sp³-hybridized carbons (Fsp3) is 0.769. The minimum Gasteiger partial charge on any atom is -0.360 e. The van der Waals surface area contributed by atoms with Gasteiger partial charge in [-0.05, 0) is 27.7 Å². The van der Waals surface area contributed by atoms with Crippen molar-refractivity contribution in [2.75, 3.05) is 38.0 Å². The second-order valence-electron chi connectivity index (χ2n) is 5.89. The summed E-state index contributed by atoms with van der Waals surface area (Å²) in [6, 6.07) is 0. The lowest BCUT2D eigenvalue weighted by Crippen LogP contribution is -2.54. The fourth-order valence-corrected chi connectivity index (χ4v) is 3.03. The molecule has 1 saturated heterocycles. The van der Waals surface area contributed by atoms with Crippen molar-refractivity contribution in [1.29, 1.82) is 0 Å². The van der Waals surface area contributed by atoms with Gasteiger partial charge in [-0.3, -0.25) is 9.69 Å². The summed E-state index contributed by atoms with van der Waals surface area (Å²) < 4.78 is 0. The SMILES string of the molecule is CCNc1nnc(C(=O)N2CCN(C(C)(C)C)CC2)s1. The zero-order valence-corrected chi connectivity index (χ0v) is 13.5. The Morgan fingerprint density at radius 1 is 1.25 bits per heavy atom. The summed E-state index contributed by atoms with van der Waals surface area (Å²) in [6.45, 7) is 12.7. The van der Waals surface area contributed by atoms with Crippen LogP contribution >= 0.6 is 11.3 Å². The van der Waals surface area contributed by atoms with Gasteiger partial charge in [0.2, 0.25) is 10.1 Å². The van der Waals surface area contributed by atoms with E-state index in [9.17, 15) is 4.79 Å².